The van der Waals surface area contributed by atoms with E-state index in [1.165, 1.54) is 22.0 Å². The molecule has 2 fully saturated rings. The largest absolute Gasteiger partial charge is 0.370 e. The minimum Gasteiger partial charge on any atom is -0.370 e. The molecule has 2 aromatic carbocycles. The lowest BCUT2D eigenvalue weighted by Gasteiger charge is -2.32. The van der Waals surface area contributed by atoms with Gasteiger partial charge in [-0.3, -0.25) is 9.69 Å². The number of hydrogen-bond donors (Lipinski definition) is 1. The first-order valence-electron chi connectivity index (χ1n) is 12.5. The van der Waals surface area contributed by atoms with E-state index in [2.05, 4.69) is 34.5 Å². The number of carbonyl (C=O) groups is 1. The van der Waals surface area contributed by atoms with Gasteiger partial charge in [0.1, 0.15) is 11.5 Å². The van der Waals surface area contributed by atoms with Crippen LogP contribution in [-0.2, 0) is 26.1 Å². The molecule has 4 rings (SSSR count). The molecule has 2 aliphatic rings. The molecule has 7 nitrogen and oxygen atoms in total. The SMILES string of the molecule is O=C(COCC1CCCN1S(=O)(=O)c1c(Cl)cc(Cl)cc1Cl)NCC1CCCN(Cc2ccccc2)C1. The third kappa shape index (κ3) is 7.60. The summed E-state index contributed by atoms with van der Waals surface area (Å²) in [6.07, 6.45) is 3.50. The minimum absolute atomic E-state index is 0.0199. The van der Waals surface area contributed by atoms with Gasteiger partial charge in [0.2, 0.25) is 15.9 Å². The summed E-state index contributed by atoms with van der Waals surface area (Å²) in [4.78, 5) is 14.7. The Kier molecular flexibility index (Phi) is 10.1. The van der Waals surface area contributed by atoms with Gasteiger partial charge < -0.3 is 10.1 Å². The standard InChI is InChI=1S/C26H32Cl3N3O4S/c27-21-12-23(28)26(24(29)13-21)37(34,35)32-11-5-9-22(32)17-36-18-25(33)30-14-20-8-4-10-31(16-20)15-19-6-2-1-3-7-19/h1-3,6-7,12-13,20,22H,4-5,8-11,14-18H2,(H,30,33). The third-order valence-electron chi connectivity index (χ3n) is 6.84. The Hall–Kier alpha value is -1.39. The van der Waals surface area contributed by atoms with E-state index in [0.29, 0.717) is 31.8 Å². The quantitative estimate of drug-likeness (QED) is 0.430. The van der Waals surface area contributed by atoms with Gasteiger partial charge in [-0.15, -0.1) is 0 Å². The fourth-order valence-electron chi connectivity index (χ4n) is 5.08. The molecule has 2 saturated heterocycles. The zero-order chi connectivity index (χ0) is 26.4. The van der Waals surface area contributed by atoms with E-state index in [9.17, 15) is 13.2 Å². The molecule has 2 unspecified atom stereocenters. The molecule has 0 saturated carbocycles. The van der Waals surface area contributed by atoms with Gasteiger partial charge in [-0.25, -0.2) is 8.42 Å². The maximum Gasteiger partial charge on any atom is 0.246 e. The summed E-state index contributed by atoms with van der Waals surface area (Å²) in [5, 5.41) is 3.20. The Morgan fingerprint density at radius 3 is 2.46 bits per heavy atom. The smallest absolute Gasteiger partial charge is 0.246 e. The van der Waals surface area contributed by atoms with Gasteiger partial charge in [0.15, 0.2) is 0 Å². The van der Waals surface area contributed by atoms with Crippen molar-refractivity contribution in [3.05, 3.63) is 63.1 Å². The van der Waals surface area contributed by atoms with E-state index in [1.54, 1.807) is 0 Å². The molecule has 11 heteroatoms. The van der Waals surface area contributed by atoms with Crippen molar-refractivity contribution in [2.24, 2.45) is 5.92 Å². The van der Waals surface area contributed by atoms with Crippen molar-refractivity contribution in [3.8, 4) is 0 Å². The number of hydrogen-bond acceptors (Lipinski definition) is 5. The molecule has 1 N–H and O–H groups in total. The average Bonchev–Trinajstić information content (AvgIpc) is 3.32. The number of ether oxygens (including phenoxy) is 1. The van der Waals surface area contributed by atoms with Crippen molar-refractivity contribution in [1.82, 2.24) is 14.5 Å². The van der Waals surface area contributed by atoms with Crippen LogP contribution in [0.1, 0.15) is 31.2 Å². The Bertz CT molecular complexity index is 1160. The minimum atomic E-state index is -3.94. The van der Waals surface area contributed by atoms with Crippen LogP contribution < -0.4 is 5.32 Å². The lowest BCUT2D eigenvalue weighted by Crippen LogP contribution is -2.42. The highest BCUT2D eigenvalue weighted by molar-refractivity contribution is 7.89. The molecule has 2 atom stereocenters. The zero-order valence-electron chi connectivity index (χ0n) is 20.5. The van der Waals surface area contributed by atoms with E-state index < -0.39 is 16.1 Å². The number of carbonyl (C=O) groups excluding carboxylic acids is 1. The number of sulfonamides is 1. The molecule has 0 aliphatic carbocycles. The molecular weight excluding hydrogens is 557 g/mol. The second-order valence-electron chi connectivity index (χ2n) is 9.66. The van der Waals surface area contributed by atoms with Crippen molar-refractivity contribution >= 4 is 50.7 Å². The number of nitrogens with one attached hydrogen (secondary N) is 1. The average molecular weight is 589 g/mol. The van der Waals surface area contributed by atoms with Gasteiger partial charge in [-0.05, 0) is 55.8 Å². The van der Waals surface area contributed by atoms with E-state index in [-0.39, 0.29) is 39.1 Å². The Morgan fingerprint density at radius 2 is 1.73 bits per heavy atom. The van der Waals surface area contributed by atoms with Crippen LogP contribution in [0.5, 0.6) is 0 Å². The van der Waals surface area contributed by atoms with E-state index in [0.717, 1.165) is 32.5 Å². The fourth-order valence-corrected chi connectivity index (χ4v) is 8.26. The Labute approximate surface area is 234 Å². The molecule has 0 spiro atoms. The summed E-state index contributed by atoms with van der Waals surface area (Å²) in [5.74, 6) is 0.196. The number of nitrogens with zero attached hydrogens (tertiary/aromatic N) is 2. The van der Waals surface area contributed by atoms with E-state index >= 15 is 0 Å². The van der Waals surface area contributed by atoms with E-state index in [1.807, 2.05) is 6.07 Å². The Morgan fingerprint density at radius 1 is 1.03 bits per heavy atom. The first kappa shape index (κ1) is 28.6. The van der Waals surface area contributed by atoms with Crippen LogP contribution in [0.3, 0.4) is 0 Å². The number of amides is 1. The van der Waals surface area contributed by atoms with Gasteiger partial charge in [0.25, 0.3) is 0 Å². The highest BCUT2D eigenvalue weighted by atomic mass is 35.5. The summed E-state index contributed by atoms with van der Waals surface area (Å²) < 4.78 is 33.6. The van der Waals surface area contributed by atoms with Crippen LogP contribution in [-0.4, -0.2) is 69.0 Å². The van der Waals surface area contributed by atoms with Crippen LogP contribution in [0, 0.1) is 5.92 Å². The predicted octanol–water partition coefficient (Wildman–Crippen LogP) is 4.84. The zero-order valence-corrected chi connectivity index (χ0v) is 23.6. The van der Waals surface area contributed by atoms with Crippen LogP contribution in [0.15, 0.2) is 47.4 Å². The fraction of sp³-hybridized carbons (Fsp3) is 0.500. The second-order valence-corrected chi connectivity index (χ2v) is 12.7. The summed E-state index contributed by atoms with van der Waals surface area (Å²) in [5.41, 5.74) is 1.30. The van der Waals surface area contributed by atoms with Crippen molar-refractivity contribution in [1.29, 1.82) is 0 Å². The molecule has 2 aliphatic heterocycles. The maximum atomic E-state index is 13.3. The third-order valence-corrected chi connectivity index (χ3v) is 9.93. The number of rotatable bonds is 10. The van der Waals surface area contributed by atoms with Gasteiger partial charge >= 0.3 is 0 Å². The van der Waals surface area contributed by atoms with Gasteiger partial charge in [-0.1, -0.05) is 65.1 Å². The topological polar surface area (TPSA) is 78.9 Å². The van der Waals surface area contributed by atoms with Gasteiger partial charge in [0.05, 0.1) is 16.7 Å². The molecule has 0 radical (unpaired) electrons. The first-order valence-corrected chi connectivity index (χ1v) is 15.1. The van der Waals surface area contributed by atoms with E-state index in [4.69, 9.17) is 39.5 Å². The van der Waals surface area contributed by atoms with Crippen LogP contribution in [0.2, 0.25) is 15.1 Å². The number of halogens is 3. The monoisotopic (exact) mass is 587 g/mol. The molecule has 2 aromatic rings. The van der Waals surface area contributed by atoms with Gasteiger partial charge in [0, 0.05) is 37.2 Å². The van der Waals surface area contributed by atoms with Crippen molar-refractivity contribution in [2.75, 3.05) is 39.4 Å². The molecule has 2 heterocycles. The lowest BCUT2D eigenvalue weighted by molar-refractivity contribution is -0.126. The number of likely N-dealkylation sites (tertiary alicyclic amines) is 1. The molecular formula is C26H32Cl3N3O4S. The number of benzene rings is 2. The number of piperidine rings is 1. The lowest BCUT2D eigenvalue weighted by atomic mass is 9.97. The highest BCUT2D eigenvalue weighted by Crippen LogP contribution is 2.37. The van der Waals surface area contributed by atoms with Gasteiger partial charge in [-0.2, -0.15) is 4.31 Å². The molecule has 202 valence electrons. The summed E-state index contributed by atoms with van der Waals surface area (Å²) in [7, 11) is -3.94. The summed E-state index contributed by atoms with van der Waals surface area (Å²) in [6, 6.07) is 12.7. The summed E-state index contributed by atoms with van der Waals surface area (Å²) in [6.45, 7) is 3.86. The molecule has 0 bridgehead atoms. The molecule has 0 aromatic heterocycles. The molecule has 37 heavy (non-hydrogen) atoms. The van der Waals surface area contributed by atoms with Crippen molar-refractivity contribution < 1.29 is 17.9 Å². The Balaban J connectivity index is 1.23. The highest BCUT2D eigenvalue weighted by Gasteiger charge is 2.38. The molecule has 1 amide bonds. The van der Waals surface area contributed by atoms with Crippen molar-refractivity contribution in [3.63, 3.8) is 0 Å². The van der Waals surface area contributed by atoms with Crippen LogP contribution in [0.4, 0.5) is 0 Å². The second kappa shape index (κ2) is 13.1. The van der Waals surface area contributed by atoms with Crippen molar-refractivity contribution in [2.45, 2.75) is 43.2 Å². The van der Waals surface area contributed by atoms with Crippen LogP contribution in [0.25, 0.3) is 0 Å². The van der Waals surface area contributed by atoms with Crippen LogP contribution >= 0.6 is 34.8 Å². The predicted molar refractivity (Wildman–Crippen MR) is 147 cm³/mol. The first-order chi connectivity index (χ1) is 17.7. The normalized spacial score (nSPS) is 21.3. The maximum absolute atomic E-state index is 13.3. The summed E-state index contributed by atoms with van der Waals surface area (Å²) >= 11 is 18.3.